The molecular formula is C14H25F3O2S. The quantitative estimate of drug-likeness (QED) is 0.468. The number of halogens is 3. The van der Waals surface area contributed by atoms with E-state index in [1.54, 1.807) is 0 Å². The van der Waals surface area contributed by atoms with E-state index in [4.69, 9.17) is 4.74 Å². The molecule has 0 amide bonds. The third-order valence-electron chi connectivity index (χ3n) is 2.39. The second-order valence-electron chi connectivity index (χ2n) is 5.75. The Balaban J connectivity index is 4.06. The highest BCUT2D eigenvalue weighted by atomic mass is 32.2. The molecule has 0 aliphatic rings. The predicted molar refractivity (Wildman–Crippen MR) is 76.9 cm³/mol. The molecule has 0 aliphatic heterocycles. The average Bonchev–Trinajstić information content (AvgIpc) is 2.23. The standard InChI is InChI=1S/C14H25F3O2S/c1-5-8-11(12(18)19-13(2,3)4)20-10-7-6-9-14(15,16)17/h11H,5-10H2,1-4H3. The first kappa shape index (κ1) is 19.6. The van der Waals surface area contributed by atoms with E-state index >= 15 is 0 Å². The van der Waals surface area contributed by atoms with Crippen LogP contribution in [0.15, 0.2) is 0 Å². The van der Waals surface area contributed by atoms with Gasteiger partial charge in [0.1, 0.15) is 10.9 Å². The van der Waals surface area contributed by atoms with Crippen molar-refractivity contribution in [3.05, 3.63) is 0 Å². The van der Waals surface area contributed by atoms with Crippen LogP contribution in [0, 0.1) is 0 Å². The van der Waals surface area contributed by atoms with Gasteiger partial charge in [0.05, 0.1) is 0 Å². The molecule has 20 heavy (non-hydrogen) atoms. The van der Waals surface area contributed by atoms with Gasteiger partial charge in [-0.1, -0.05) is 13.3 Å². The fraction of sp³-hybridized carbons (Fsp3) is 0.929. The zero-order valence-corrected chi connectivity index (χ0v) is 13.5. The Kier molecular flexibility index (Phi) is 8.63. The summed E-state index contributed by atoms with van der Waals surface area (Å²) < 4.78 is 41.3. The molecule has 0 fully saturated rings. The first-order valence-corrected chi connectivity index (χ1v) is 8.01. The Bertz CT molecular complexity index is 285. The van der Waals surface area contributed by atoms with Crippen molar-refractivity contribution in [1.82, 2.24) is 0 Å². The monoisotopic (exact) mass is 314 g/mol. The molecule has 0 radical (unpaired) electrons. The van der Waals surface area contributed by atoms with Crippen molar-refractivity contribution in [3.8, 4) is 0 Å². The number of rotatable bonds is 8. The van der Waals surface area contributed by atoms with Crippen LogP contribution in [-0.2, 0) is 9.53 Å². The number of hydrogen-bond donors (Lipinski definition) is 0. The Morgan fingerprint density at radius 1 is 1.20 bits per heavy atom. The fourth-order valence-corrected chi connectivity index (χ4v) is 2.79. The number of unbranched alkanes of at least 4 members (excludes halogenated alkanes) is 1. The second kappa shape index (κ2) is 8.80. The van der Waals surface area contributed by atoms with Gasteiger partial charge in [0.15, 0.2) is 0 Å². The molecule has 0 N–H and O–H groups in total. The van der Waals surface area contributed by atoms with Crippen molar-refractivity contribution >= 4 is 17.7 Å². The maximum absolute atomic E-state index is 12.0. The summed E-state index contributed by atoms with van der Waals surface area (Å²) in [6.07, 6.45) is -2.72. The molecule has 0 bridgehead atoms. The average molecular weight is 314 g/mol. The lowest BCUT2D eigenvalue weighted by Crippen LogP contribution is -2.30. The molecule has 0 aromatic rings. The van der Waals surface area contributed by atoms with E-state index in [-0.39, 0.29) is 17.6 Å². The maximum Gasteiger partial charge on any atom is 0.389 e. The maximum atomic E-state index is 12.0. The van der Waals surface area contributed by atoms with Gasteiger partial charge in [0, 0.05) is 6.42 Å². The Labute approximate surface area is 123 Å². The summed E-state index contributed by atoms with van der Waals surface area (Å²) in [5.41, 5.74) is -0.528. The van der Waals surface area contributed by atoms with Crippen molar-refractivity contribution in [3.63, 3.8) is 0 Å². The Morgan fingerprint density at radius 2 is 1.80 bits per heavy atom. The minimum Gasteiger partial charge on any atom is -0.459 e. The molecule has 0 rings (SSSR count). The molecule has 0 aromatic carbocycles. The van der Waals surface area contributed by atoms with Crippen LogP contribution in [0.5, 0.6) is 0 Å². The molecule has 6 heteroatoms. The van der Waals surface area contributed by atoms with Gasteiger partial charge in [0.2, 0.25) is 0 Å². The lowest BCUT2D eigenvalue weighted by Gasteiger charge is -2.23. The van der Waals surface area contributed by atoms with Crippen molar-refractivity contribution in [2.24, 2.45) is 0 Å². The summed E-state index contributed by atoms with van der Waals surface area (Å²) >= 11 is 1.40. The zero-order chi connectivity index (χ0) is 15.8. The highest BCUT2D eigenvalue weighted by molar-refractivity contribution is 8.00. The van der Waals surface area contributed by atoms with Gasteiger partial charge < -0.3 is 4.74 Å². The fourth-order valence-electron chi connectivity index (χ4n) is 1.55. The topological polar surface area (TPSA) is 26.3 Å². The summed E-state index contributed by atoms with van der Waals surface area (Å²) in [5, 5.41) is -0.273. The van der Waals surface area contributed by atoms with E-state index in [2.05, 4.69) is 0 Å². The molecule has 0 heterocycles. The Hall–Kier alpha value is -0.390. The smallest absolute Gasteiger partial charge is 0.389 e. The molecule has 1 unspecified atom stereocenters. The van der Waals surface area contributed by atoms with Gasteiger partial charge in [-0.15, -0.1) is 11.8 Å². The van der Waals surface area contributed by atoms with Crippen LogP contribution in [-0.4, -0.2) is 28.7 Å². The molecular weight excluding hydrogens is 289 g/mol. The van der Waals surface area contributed by atoms with Crippen LogP contribution in [0.1, 0.15) is 59.8 Å². The second-order valence-corrected chi connectivity index (χ2v) is 7.06. The molecule has 0 saturated carbocycles. The lowest BCUT2D eigenvalue weighted by molar-refractivity contribution is -0.154. The third-order valence-corrected chi connectivity index (χ3v) is 3.75. The van der Waals surface area contributed by atoms with Crippen LogP contribution in [0.3, 0.4) is 0 Å². The summed E-state index contributed by atoms with van der Waals surface area (Å²) in [4.78, 5) is 11.9. The van der Waals surface area contributed by atoms with E-state index < -0.39 is 18.2 Å². The highest BCUT2D eigenvalue weighted by Crippen LogP contribution is 2.25. The summed E-state index contributed by atoms with van der Waals surface area (Å²) in [6.45, 7) is 7.40. The van der Waals surface area contributed by atoms with E-state index in [0.717, 1.165) is 6.42 Å². The van der Waals surface area contributed by atoms with Gasteiger partial charge in [0.25, 0.3) is 0 Å². The predicted octanol–water partition coefficient (Wildman–Crippen LogP) is 4.96. The van der Waals surface area contributed by atoms with E-state index in [1.807, 2.05) is 27.7 Å². The molecule has 120 valence electrons. The van der Waals surface area contributed by atoms with Crippen molar-refractivity contribution in [2.75, 3.05) is 5.75 Å². The normalized spacial score (nSPS) is 14.2. The van der Waals surface area contributed by atoms with Gasteiger partial charge in [-0.25, -0.2) is 0 Å². The molecule has 0 saturated heterocycles. The summed E-state index contributed by atoms with van der Waals surface area (Å²) in [5.74, 6) is 0.292. The van der Waals surface area contributed by atoms with Crippen LogP contribution < -0.4 is 0 Å². The van der Waals surface area contributed by atoms with Gasteiger partial charge in [-0.3, -0.25) is 4.79 Å². The van der Waals surface area contributed by atoms with E-state index in [1.165, 1.54) is 11.8 Å². The SMILES string of the molecule is CCCC(SCCCCC(F)(F)F)C(=O)OC(C)(C)C. The number of carbonyl (C=O) groups excluding carboxylic acids is 1. The number of thioether (sulfide) groups is 1. The van der Waals surface area contributed by atoms with Gasteiger partial charge in [-0.2, -0.15) is 13.2 Å². The number of ether oxygens (including phenoxy) is 1. The largest absolute Gasteiger partial charge is 0.459 e. The van der Waals surface area contributed by atoms with Crippen LogP contribution >= 0.6 is 11.8 Å². The van der Waals surface area contributed by atoms with E-state index in [0.29, 0.717) is 18.6 Å². The van der Waals surface area contributed by atoms with Gasteiger partial charge >= 0.3 is 12.1 Å². The van der Waals surface area contributed by atoms with E-state index in [9.17, 15) is 18.0 Å². The molecule has 0 aliphatic carbocycles. The number of hydrogen-bond acceptors (Lipinski definition) is 3. The first-order chi connectivity index (χ1) is 9.05. The lowest BCUT2D eigenvalue weighted by atomic mass is 10.2. The Morgan fingerprint density at radius 3 is 2.25 bits per heavy atom. The molecule has 1 atom stereocenters. The zero-order valence-electron chi connectivity index (χ0n) is 12.7. The molecule has 2 nitrogen and oxygen atoms in total. The number of alkyl halides is 3. The van der Waals surface area contributed by atoms with Crippen molar-refractivity contribution in [2.45, 2.75) is 76.8 Å². The minimum absolute atomic E-state index is 0.115. The summed E-state index contributed by atoms with van der Waals surface area (Å²) in [6, 6.07) is 0. The van der Waals surface area contributed by atoms with Gasteiger partial charge in [-0.05, 0) is 45.8 Å². The van der Waals surface area contributed by atoms with Crippen molar-refractivity contribution in [1.29, 1.82) is 0 Å². The molecule has 0 spiro atoms. The van der Waals surface area contributed by atoms with Crippen molar-refractivity contribution < 1.29 is 22.7 Å². The van der Waals surface area contributed by atoms with Crippen LogP contribution in [0.25, 0.3) is 0 Å². The highest BCUT2D eigenvalue weighted by Gasteiger charge is 2.27. The number of esters is 1. The third kappa shape index (κ3) is 11.4. The first-order valence-electron chi connectivity index (χ1n) is 6.96. The minimum atomic E-state index is -4.08. The molecule has 0 aromatic heterocycles. The van der Waals surface area contributed by atoms with Crippen LogP contribution in [0.4, 0.5) is 13.2 Å². The number of carbonyl (C=O) groups is 1. The summed E-state index contributed by atoms with van der Waals surface area (Å²) in [7, 11) is 0. The van der Waals surface area contributed by atoms with Crippen LogP contribution in [0.2, 0.25) is 0 Å².